The molecule has 0 spiro atoms. The zero-order valence-electron chi connectivity index (χ0n) is 17.6. The van der Waals surface area contributed by atoms with Gasteiger partial charge in [0.25, 0.3) is 11.8 Å². The monoisotopic (exact) mass is 436 g/mol. The van der Waals surface area contributed by atoms with Gasteiger partial charge in [-0.3, -0.25) is 9.59 Å². The van der Waals surface area contributed by atoms with Gasteiger partial charge < -0.3 is 20.1 Å². The maximum atomic E-state index is 13.2. The molecule has 0 bridgehead atoms. The zero-order chi connectivity index (χ0) is 22.6. The zero-order valence-corrected chi connectivity index (χ0v) is 17.6. The van der Waals surface area contributed by atoms with Gasteiger partial charge in [-0.25, -0.2) is 0 Å². The summed E-state index contributed by atoms with van der Waals surface area (Å²) < 4.78 is 10.8. The second-order valence-electron chi connectivity index (χ2n) is 7.51. The van der Waals surface area contributed by atoms with Crippen molar-refractivity contribution in [3.63, 3.8) is 0 Å². The Morgan fingerprint density at radius 3 is 2.36 bits per heavy atom. The van der Waals surface area contributed by atoms with E-state index in [0.29, 0.717) is 28.3 Å². The highest BCUT2D eigenvalue weighted by Gasteiger charge is 2.17. The lowest BCUT2D eigenvalue weighted by Gasteiger charge is -2.12. The van der Waals surface area contributed by atoms with E-state index in [1.807, 2.05) is 48.5 Å². The van der Waals surface area contributed by atoms with E-state index >= 15 is 0 Å². The van der Waals surface area contributed by atoms with E-state index in [0.717, 1.165) is 10.8 Å². The molecule has 33 heavy (non-hydrogen) atoms. The van der Waals surface area contributed by atoms with Crippen LogP contribution in [0.5, 0.6) is 11.5 Å². The molecule has 0 radical (unpaired) electrons. The van der Waals surface area contributed by atoms with Gasteiger partial charge in [-0.2, -0.15) is 0 Å². The summed E-state index contributed by atoms with van der Waals surface area (Å²) >= 11 is 0. The van der Waals surface area contributed by atoms with Crippen LogP contribution in [0.4, 0.5) is 5.69 Å². The van der Waals surface area contributed by atoms with Gasteiger partial charge in [0.05, 0.1) is 0 Å². The van der Waals surface area contributed by atoms with E-state index in [2.05, 4.69) is 10.6 Å². The van der Waals surface area contributed by atoms with E-state index in [-0.39, 0.29) is 18.4 Å². The fourth-order valence-corrected chi connectivity index (χ4v) is 3.58. The largest absolute Gasteiger partial charge is 0.454 e. The highest BCUT2D eigenvalue weighted by atomic mass is 16.7. The summed E-state index contributed by atoms with van der Waals surface area (Å²) in [4.78, 5) is 26.0. The maximum Gasteiger partial charge on any atom is 0.272 e. The number of fused-ring (bicyclic) bond motifs is 2. The van der Waals surface area contributed by atoms with Gasteiger partial charge in [0.2, 0.25) is 6.79 Å². The SMILES string of the molecule is O=C(Nc1ccc2ccccc2c1)/C(=C\c1ccc2c(c1)OCO2)NC(=O)c1ccccc1. The summed E-state index contributed by atoms with van der Waals surface area (Å²) in [6.45, 7) is 0.155. The highest BCUT2D eigenvalue weighted by molar-refractivity contribution is 6.11. The summed E-state index contributed by atoms with van der Waals surface area (Å²) in [5.41, 5.74) is 1.88. The van der Waals surface area contributed by atoms with E-state index in [9.17, 15) is 9.59 Å². The number of ether oxygens (including phenoxy) is 2. The smallest absolute Gasteiger partial charge is 0.272 e. The van der Waals surface area contributed by atoms with Crippen molar-refractivity contribution < 1.29 is 19.1 Å². The second-order valence-corrected chi connectivity index (χ2v) is 7.51. The summed E-state index contributed by atoms with van der Waals surface area (Å²) in [6, 6.07) is 27.6. The van der Waals surface area contributed by atoms with E-state index in [1.165, 1.54) is 0 Å². The Kier molecular flexibility index (Phi) is 5.47. The van der Waals surface area contributed by atoms with Crippen LogP contribution in [0.2, 0.25) is 0 Å². The molecule has 4 aromatic carbocycles. The van der Waals surface area contributed by atoms with E-state index in [4.69, 9.17) is 9.47 Å². The maximum absolute atomic E-state index is 13.2. The Bertz CT molecular complexity index is 1380. The fourth-order valence-electron chi connectivity index (χ4n) is 3.58. The molecule has 6 nitrogen and oxygen atoms in total. The van der Waals surface area contributed by atoms with Crippen molar-refractivity contribution in [3.05, 3.63) is 108 Å². The first-order valence-electron chi connectivity index (χ1n) is 10.4. The van der Waals surface area contributed by atoms with Gasteiger partial charge in [-0.15, -0.1) is 0 Å². The molecular formula is C27H20N2O4. The van der Waals surface area contributed by atoms with Crippen LogP contribution in [-0.4, -0.2) is 18.6 Å². The molecule has 0 saturated carbocycles. The van der Waals surface area contributed by atoms with E-state index in [1.54, 1.807) is 48.5 Å². The summed E-state index contributed by atoms with van der Waals surface area (Å²) in [5.74, 6) is 0.415. The molecule has 5 rings (SSSR count). The lowest BCUT2D eigenvalue weighted by Crippen LogP contribution is -2.30. The number of carbonyl (C=O) groups is 2. The summed E-state index contributed by atoms with van der Waals surface area (Å²) in [7, 11) is 0. The number of rotatable bonds is 5. The minimum absolute atomic E-state index is 0.107. The molecule has 0 aliphatic carbocycles. The van der Waals surface area contributed by atoms with Crippen molar-refractivity contribution >= 4 is 34.4 Å². The normalized spacial score (nSPS) is 12.4. The number of benzene rings is 4. The first kappa shape index (κ1) is 20.3. The molecule has 1 aliphatic heterocycles. The first-order chi connectivity index (χ1) is 16.2. The van der Waals surface area contributed by atoms with Gasteiger partial charge in [0.1, 0.15) is 5.70 Å². The van der Waals surface area contributed by atoms with Crippen LogP contribution in [0.3, 0.4) is 0 Å². The average Bonchev–Trinajstić information content (AvgIpc) is 3.32. The first-order valence-corrected chi connectivity index (χ1v) is 10.4. The Morgan fingerprint density at radius 2 is 1.52 bits per heavy atom. The summed E-state index contributed by atoms with van der Waals surface area (Å²) in [6.07, 6.45) is 1.61. The molecule has 0 aromatic heterocycles. The van der Waals surface area contributed by atoms with Gasteiger partial charge in [-0.1, -0.05) is 54.6 Å². The van der Waals surface area contributed by atoms with Crippen LogP contribution in [0.25, 0.3) is 16.8 Å². The van der Waals surface area contributed by atoms with Crippen molar-refractivity contribution in [1.29, 1.82) is 0 Å². The number of amides is 2. The predicted molar refractivity (Wildman–Crippen MR) is 127 cm³/mol. The molecule has 0 saturated heterocycles. The molecule has 2 amide bonds. The van der Waals surface area contributed by atoms with Gasteiger partial charge in [-0.05, 0) is 58.8 Å². The third-order valence-electron chi connectivity index (χ3n) is 5.24. The highest BCUT2D eigenvalue weighted by Crippen LogP contribution is 2.33. The molecule has 0 unspecified atom stereocenters. The van der Waals surface area contributed by atoms with Crippen LogP contribution in [0.15, 0.2) is 96.7 Å². The fraction of sp³-hybridized carbons (Fsp3) is 0.0370. The number of anilines is 1. The predicted octanol–water partition coefficient (Wildman–Crippen LogP) is 4.98. The quantitative estimate of drug-likeness (QED) is 0.433. The molecule has 2 N–H and O–H groups in total. The molecule has 0 atom stereocenters. The molecule has 4 aromatic rings. The lowest BCUT2D eigenvalue weighted by molar-refractivity contribution is -0.113. The van der Waals surface area contributed by atoms with Crippen LogP contribution in [-0.2, 0) is 4.79 Å². The van der Waals surface area contributed by atoms with Crippen molar-refractivity contribution in [2.45, 2.75) is 0 Å². The summed E-state index contributed by atoms with van der Waals surface area (Å²) in [5, 5.41) is 7.71. The van der Waals surface area contributed by atoms with Crippen molar-refractivity contribution in [1.82, 2.24) is 5.32 Å². The van der Waals surface area contributed by atoms with Crippen molar-refractivity contribution in [3.8, 4) is 11.5 Å². The Hall–Kier alpha value is -4.58. The van der Waals surface area contributed by atoms with Gasteiger partial charge in [0, 0.05) is 11.3 Å². The molecule has 162 valence electrons. The Balaban J connectivity index is 1.45. The Morgan fingerprint density at radius 1 is 0.758 bits per heavy atom. The standard InChI is InChI=1S/C27H20N2O4/c30-26(20-7-2-1-3-8-20)29-23(14-18-10-13-24-25(15-18)33-17-32-24)27(31)28-22-12-11-19-6-4-5-9-21(19)16-22/h1-16H,17H2,(H,28,31)(H,29,30)/b23-14+. The average molecular weight is 436 g/mol. The van der Waals surface area contributed by atoms with Crippen LogP contribution >= 0.6 is 0 Å². The van der Waals surface area contributed by atoms with Crippen LogP contribution in [0, 0.1) is 0 Å². The molecule has 6 heteroatoms. The van der Waals surface area contributed by atoms with E-state index < -0.39 is 5.91 Å². The molecule has 1 aliphatic rings. The van der Waals surface area contributed by atoms with Crippen LogP contribution in [0.1, 0.15) is 15.9 Å². The third kappa shape index (κ3) is 4.55. The van der Waals surface area contributed by atoms with Gasteiger partial charge >= 0.3 is 0 Å². The number of carbonyl (C=O) groups excluding carboxylic acids is 2. The topological polar surface area (TPSA) is 76.7 Å². The number of hydrogen-bond donors (Lipinski definition) is 2. The molecule has 0 fully saturated rings. The Labute approximate surface area is 190 Å². The van der Waals surface area contributed by atoms with Gasteiger partial charge in [0.15, 0.2) is 11.5 Å². The van der Waals surface area contributed by atoms with Crippen molar-refractivity contribution in [2.24, 2.45) is 0 Å². The molecular weight excluding hydrogens is 416 g/mol. The number of hydrogen-bond acceptors (Lipinski definition) is 4. The molecule has 1 heterocycles. The minimum atomic E-state index is -0.438. The van der Waals surface area contributed by atoms with Crippen molar-refractivity contribution in [2.75, 3.05) is 12.1 Å². The van der Waals surface area contributed by atoms with Crippen LogP contribution < -0.4 is 20.1 Å². The number of nitrogens with one attached hydrogen (secondary N) is 2. The lowest BCUT2D eigenvalue weighted by atomic mass is 10.1. The second kappa shape index (κ2) is 8.88. The minimum Gasteiger partial charge on any atom is -0.454 e. The third-order valence-corrected chi connectivity index (χ3v) is 5.24.